The van der Waals surface area contributed by atoms with E-state index in [2.05, 4.69) is 22.8 Å². The highest BCUT2D eigenvalue weighted by molar-refractivity contribution is 5.96. The molecule has 0 saturated heterocycles. The normalized spacial score (nSPS) is 12.5. The highest BCUT2D eigenvalue weighted by atomic mass is 16.6. The molecule has 0 unspecified atom stereocenters. The molecule has 0 fully saturated rings. The van der Waals surface area contributed by atoms with Gasteiger partial charge >= 0.3 is 18.0 Å². The van der Waals surface area contributed by atoms with Crippen molar-refractivity contribution in [2.45, 2.75) is 38.7 Å². The zero-order valence-electron chi connectivity index (χ0n) is 24.3. The summed E-state index contributed by atoms with van der Waals surface area (Å²) in [6.07, 6.45) is 4.45. The third-order valence-corrected chi connectivity index (χ3v) is 6.54. The Morgan fingerprint density at radius 3 is 2.16 bits per heavy atom. The van der Waals surface area contributed by atoms with Crippen molar-refractivity contribution in [3.63, 3.8) is 0 Å². The van der Waals surface area contributed by atoms with Crippen molar-refractivity contribution in [2.24, 2.45) is 0 Å². The van der Waals surface area contributed by atoms with Gasteiger partial charge in [0.2, 0.25) is 5.91 Å². The summed E-state index contributed by atoms with van der Waals surface area (Å²) >= 11 is 0. The summed E-state index contributed by atoms with van der Waals surface area (Å²) in [6, 6.07) is 21.0. The molecule has 222 valence electrons. The Balaban J connectivity index is 1.33. The fourth-order valence-electron chi connectivity index (χ4n) is 4.73. The lowest BCUT2D eigenvalue weighted by molar-refractivity contribution is -0.148. The molecule has 9 nitrogen and oxygen atoms in total. The van der Waals surface area contributed by atoms with Crippen LogP contribution in [0.3, 0.4) is 0 Å². The van der Waals surface area contributed by atoms with Gasteiger partial charge in [-0.3, -0.25) is 4.79 Å². The third-order valence-electron chi connectivity index (χ3n) is 6.54. The summed E-state index contributed by atoms with van der Waals surface area (Å²) in [5, 5.41) is 14.3. The van der Waals surface area contributed by atoms with Gasteiger partial charge in [-0.1, -0.05) is 60.7 Å². The lowest BCUT2D eigenvalue weighted by Gasteiger charge is -2.18. The molecular formula is C34H34N2O7. The van der Waals surface area contributed by atoms with E-state index < -0.39 is 29.5 Å². The number of benzene rings is 3. The van der Waals surface area contributed by atoms with Crippen molar-refractivity contribution < 1.29 is 33.8 Å². The molecule has 4 rings (SSSR count). The molecule has 1 aliphatic rings. The maximum atomic E-state index is 12.8. The van der Waals surface area contributed by atoms with Crippen molar-refractivity contribution >= 4 is 41.8 Å². The Kier molecular flexibility index (Phi) is 9.77. The molecule has 43 heavy (non-hydrogen) atoms. The van der Waals surface area contributed by atoms with Crippen LogP contribution in [0.1, 0.15) is 55.4 Å². The number of hydrogen-bond donors (Lipinski definition) is 3. The molecule has 2 amide bonds. The zero-order valence-corrected chi connectivity index (χ0v) is 24.3. The first-order valence-electron chi connectivity index (χ1n) is 13.8. The average molecular weight is 583 g/mol. The third kappa shape index (κ3) is 8.65. The quantitative estimate of drug-likeness (QED) is 0.197. The first-order chi connectivity index (χ1) is 20.5. The summed E-state index contributed by atoms with van der Waals surface area (Å²) < 4.78 is 10.8. The predicted molar refractivity (Wildman–Crippen MR) is 164 cm³/mol. The minimum Gasteiger partial charge on any atom is -0.478 e. The summed E-state index contributed by atoms with van der Waals surface area (Å²) in [6.45, 7) is 5.46. The Hall–Kier alpha value is -5.18. The molecular weight excluding hydrogens is 548 g/mol. The van der Waals surface area contributed by atoms with Crippen LogP contribution in [0.2, 0.25) is 0 Å². The highest BCUT2D eigenvalue weighted by Gasteiger charge is 2.29. The smallest absolute Gasteiger partial charge is 0.407 e. The van der Waals surface area contributed by atoms with Gasteiger partial charge in [0.05, 0.1) is 0 Å². The van der Waals surface area contributed by atoms with Crippen LogP contribution in [-0.2, 0) is 23.9 Å². The van der Waals surface area contributed by atoms with Crippen molar-refractivity contribution in [3.05, 3.63) is 101 Å². The number of esters is 1. The Labute approximate surface area is 250 Å². The van der Waals surface area contributed by atoms with Gasteiger partial charge in [-0.05, 0) is 72.4 Å². The Bertz CT molecular complexity index is 1540. The molecule has 1 aliphatic carbocycles. The van der Waals surface area contributed by atoms with E-state index in [1.807, 2.05) is 36.4 Å². The topological polar surface area (TPSA) is 131 Å². The second-order valence-corrected chi connectivity index (χ2v) is 10.9. The first kappa shape index (κ1) is 30.8. The standard InChI is InChI=1S/C34H34N2O7/c1-34(2,3)43-32(40)17-15-23-14-12-22(13-16-31(38)39)20-29(23)36-30(37)18-19-35-33(41)42-21-28-26-10-6-4-8-24(26)25-9-5-7-11-27(25)28/h4-17,20,28H,18-19,21H2,1-3H3,(H,35,41)(H,36,37)(H,38,39)/b16-13+,17-15+. The molecule has 3 N–H and O–H groups in total. The number of ether oxygens (including phenoxy) is 2. The maximum absolute atomic E-state index is 12.8. The highest BCUT2D eigenvalue weighted by Crippen LogP contribution is 2.44. The van der Waals surface area contributed by atoms with Gasteiger partial charge in [0.1, 0.15) is 12.2 Å². The van der Waals surface area contributed by atoms with E-state index in [1.54, 1.807) is 39.0 Å². The van der Waals surface area contributed by atoms with Crippen LogP contribution in [0.25, 0.3) is 23.3 Å². The number of hydrogen-bond acceptors (Lipinski definition) is 6. The van der Waals surface area contributed by atoms with Crippen molar-refractivity contribution in [3.8, 4) is 11.1 Å². The number of fused-ring (bicyclic) bond motifs is 3. The van der Waals surface area contributed by atoms with Crippen LogP contribution in [-0.4, -0.2) is 47.8 Å². The van der Waals surface area contributed by atoms with Crippen LogP contribution >= 0.6 is 0 Å². The SMILES string of the molecule is CC(C)(C)OC(=O)/C=C/c1ccc(/C=C/C(=O)O)cc1NC(=O)CCNC(=O)OCC1c2ccccc2-c2ccccc21. The van der Waals surface area contributed by atoms with Gasteiger partial charge in [0.25, 0.3) is 0 Å². The predicted octanol–water partition coefficient (Wildman–Crippen LogP) is 6.01. The van der Waals surface area contributed by atoms with E-state index in [0.29, 0.717) is 16.8 Å². The molecule has 3 aromatic rings. The molecule has 0 heterocycles. The van der Waals surface area contributed by atoms with E-state index in [9.17, 15) is 19.2 Å². The number of carboxylic acids is 1. The Morgan fingerprint density at radius 2 is 1.53 bits per heavy atom. The number of carbonyl (C=O) groups excluding carboxylic acids is 3. The average Bonchev–Trinajstić information content (AvgIpc) is 3.27. The van der Waals surface area contributed by atoms with Gasteiger partial charge in [-0.25, -0.2) is 14.4 Å². The molecule has 3 aromatic carbocycles. The first-order valence-corrected chi connectivity index (χ1v) is 13.8. The molecule has 0 aliphatic heterocycles. The van der Waals surface area contributed by atoms with Crippen LogP contribution in [0.15, 0.2) is 78.9 Å². The van der Waals surface area contributed by atoms with Gasteiger partial charge in [0, 0.05) is 36.7 Å². The fraction of sp³-hybridized carbons (Fsp3) is 0.235. The number of alkyl carbamates (subject to hydrolysis) is 1. The van der Waals surface area contributed by atoms with Gasteiger partial charge < -0.3 is 25.2 Å². The second-order valence-electron chi connectivity index (χ2n) is 10.9. The summed E-state index contributed by atoms with van der Waals surface area (Å²) in [5.41, 5.74) is 5.21. The summed E-state index contributed by atoms with van der Waals surface area (Å²) in [5.74, 6) is -2.13. The molecule has 0 bridgehead atoms. The minimum absolute atomic E-state index is 0.0319. The minimum atomic E-state index is -1.11. The number of aliphatic carboxylic acids is 1. The largest absolute Gasteiger partial charge is 0.478 e. The number of carboxylic acid groups (broad SMARTS) is 1. The maximum Gasteiger partial charge on any atom is 0.407 e. The number of rotatable bonds is 10. The van der Waals surface area contributed by atoms with E-state index in [4.69, 9.17) is 14.6 Å². The summed E-state index contributed by atoms with van der Waals surface area (Å²) in [7, 11) is 0. The van der Waals surface area contributed by atoms with Crippen LogP contribution in [0, 0.1) is 0 Å². The number of amides is 2. The second kappa shape index (κ2) is 13.7. The molecule has 0 saturated carbocycles. The number of carbonyl (C=O) groups is 4. The fourth-order valence-corrected chi connectivity index (χ4v) is 4.73. The van der Waals surface area contributed by atoms with E-state index in [0.717, 1.165) is 28.3 Å². The van der Waals surface area contributed by atoms with Crippen molar-refractivity contribution in [1.29, 1.82) is 0 Å². The van der Waals surface area contributed by atoms with E-state index in [1.165, 1.54) is 18.2 Å². The number of anilines is 1. The monoisotopic (exact) mass is 582 g/mol. The van der Waals surface area contributed by atoms with Gasteiger partial charge in [-0.2, -0.15) is 0 Å². The zero-order chi connectivity index (χ0) is 31.0. The van der Waals surface area contributed by atoms with Crippen LogP contribution < -0.4 is 10.6 Å². The van der Waals surface area contributed by atoms with Crippen LogP contribution in [0.4, 0.5) is 10.5 Å². The van der Waals surface area contributed by atoms with Gasteiger partial charge in [-0.15, -0.1) is 0 Å². The van der Waals surface area contributed by atoms with Gasteiger partial charge in [0.15, 0.2) is 0 Å². The number of nitrogens with one attached hydrogen (secondary N) is 2. The van der Waals surface area contributed by atoms with Crippen molar-refractivity contribution in [2.75, 3.05) is 18.5 Å². The molecule has 0 spiro atoms. The van der Waals surface area contributed by atoms with E-state index >= 15 is 0 Å². The Morgan fingerprint density at radius 1 is 0.884 bits per heavy atom. The lowest BCUT2D eigenvalue weighted by atomic mass is 9.98. The summed E-state index contributed by atoms with van der Waals surface area (Å²) in [4.78, 5) is 48.3. The van der Waals surface area contributed by atoms with E-state index in [-0.39, 0.29) is 25.5 Å². The molecule has 0 aromatic heterocycles. The lowest BCUT2D eigenvalue weighted by Crippen LogP contribution is -2.29. The van der Waals surface area contributed by atoms with Crippen LogP contribution in [0.5, 0.6) is 0 Å². The van der Waals surface area contributed by atoms with Crippen molar-refractivity contribution in [1.82, 2.24) is 5.32 Å². The molecule has 9 heteroatoms. The molecule has 0 radical (unpaired) electrons. The molecule has 0 atom stereocenters.